The zero-order chi connectivity index (χ0) is 24.1. The number of fused-ring (bicyclic) bond motifs is 1. The Labute approximate surface area is 198 Å². The molecule has 9 nitrogen and oxygen atoms in total. The monoisotopic (exact) mass is 469 g/mol. The number of benzene rings is 1. The zero-order valence-electron chi connectivity index (χ0n) is 19.5. The van der Waals surface area contributed by atoms with Gasteiger partial charge in [-0.15, -0.1) is 0 Å². The molecule has 1 saturated heterocycles. The van der Waals surface area contributed by atoms with E-state index in [1.165, 1.54) is 24.3 Å². The van der Waals surface area contributed by atoms with Crippen LogP contribution < -0.4 is 5.32 Å². The van der Waals surface area contributed by atoms with E-state index < -0.39 is 11.9 Å². The zero-order valence-corrected chi connectivity index (χ0v) is 19.5. The number of carboxylic acids is 1. The number of nitrogens with zero attached hydrogens (tertiary/aromatic N) is 2. The number of aromatic nitrogens is 2. The predicted octanol–water partition coefficient (Wildman–Crippen LogP) is 2.86. The van der Waals surface area contributed by atoms with Gasteiger partial charge in [0, 0.05) is 26.3 Å². The first-order valence-corrected chi connectivity index (χ1v) is 11.9. The smallest absolute Gasteiger partial charge is 0.338 e. The van der Waals surface area contributed by atoms with Crippen LogP contribution in [0, 0.1) is 5.41 Å². The van der Waals surface area contributed by atoms with Crippen molar-refractivity contribution in [2.75, 3.05) is 26.4 Å². The highest BCUT2D eigenvalue weighted by atomic mass is 16.5. The number of hydrogen-bond acceptors (Lipinski definition) is 6. The van der Waals surface area contributed by atoms with Crippen molar-refractivity contribution >= 4 is 17.8 Å². The van der Waals surface area contributed by atoms with Gasteiger partial charge in [0.2, 0.25) is 0 Å². The number of nitrogens with one attached hydrogen (secondary N) is 1. The van der Waals surface area contributed by atoms with E-state index in [9.17, 15) is 14.4 Å². The van der Waals surface area contributed by atoms with Gasteiger partial charge in [-0.3, -0.25) is 9.48 Å². The summed E-state index contributed by atoms with van der Waals surface area (Å²) >= 11 is 0. The third-order valence-electron chi connectivity index (χ3n) is 6.78. The van der Waals surface area contributed by atoms with Crippen molar-refractivity contribution in [3.8, 4) is 0 Å². The van der Waals surface area contributed by atoms with Gasteiger partial charge in [-0.25, -0.2) is 9.59 Å². The molecule has 1 aromatic heterocycles. The summed E-state index contributed by atoms with van der Waals surface area (Å²) < 4.78 is 12.9. The van der Waals surface area contributed by atoms with Crippen LogP contribution in [0.3, 0.4) is 0 Å². The maximum absolute atomic E-state index is 12.9. The summed E-state index contributed by atoms with van der Waals surface area (Å²) in [5.41, 5.74) is 3.01. The van der Waals surface area contributed by atoms with E-state index in [-0.39, 0.29) is 23.5 Å². The Morgan fingerprint density at radius 2 is 1.88 bits per heavy atom. The van der Waals surface area contributed by atoms with Crippen molar-refractivity contribution in [2.24, 2.45) is 5.41 Å². The topological polar surface area (TPSA) is 120 Å². The van der Waals surface area contributed by atoms with E-state index in [2.05, 4.69) is 5.32 Å². The lowest BCUT2D eigenvalue weighted by atomic mass is 9.76. The molecular formula is C25H31N3O6. The van der Waals surface area contributed by atoms with Crippen LogP contribution in [0.2, 0.25) is 0 Å². The Bertz CT molecular complexity index is 1050. The third kappa shape index (κ3) is 5.14. The van der Waals surface area contributed by atoms with Gasteiger partial charge in [0.1, 0.15) is 0 Å². The summed E-state index contributed by atoms with van der Waals surface area (Å²) in [6.45, 7) is 5.00. The number of hydrogen-bond donors (Lipinski definition) is 2. The van der Waals surface area contributed by atoms with Crippen LogP contribution >= 0.6 is 0 Å². The fourth-order valence-corrected chi connectivity index (χ4v) is 4.72. The maximum atomic E-state index is 12.9. The number of carboxylic acid groups (broad SMARTS) is 1. The van der Waals surface area contributed by atoms with Crippen molar-refractivity contribution in [1.82, 2.24) is 15.1 Å². The molecule has 0 bridgehead atoms. The first-order chi connectivity index (χ1) is 16.4. The number of amides is 1. The Morgan fingerprint density at radius 1 is 1.18 bits per heavy atom. The maximum Gasteiger partial charge on any atom is 0.338 e. The number of unbranched alkanes of at least 4 members (excludes halogenated alkanes) is 1. The van der Waals surface area contributed by atoms with Gasteiger partial charge >= 0.3 is 11.9 Å². The highest BCUT2D eigenvalue weighted by molar-refractivity contribution is 5.97. The molecule has 0 aliphatic carbocycles. The van der Waals surface area contributed by atoms with E-state index in [1.54, 1.807) is 0 Å². The largest absolute Gasteiger partial charge is 0.478 e. The Kier molecular flexibility index (Phi) is 7.31. The summed E-state index contributed by atoms with van der Waals surface area (Å²) in [5, 5.41) is 16.8. The van der Waals surface area contributed by atoms with Gasteiger partial charge in [0.05, 0.1) is 34.7 Å². The first kappa shape index (κ1) is 23.9. The number of esters is 1. The highest BCUT2D eigenvalue weighted by Gasteiger charge is 2.39. The van der Waals surface area contributed by atoms with Crippen LogP contribution in [-0.4, -0.2) is 59.1 Å². The van der Waals surface area contributed by atoms with Crippen molar-refractivity contribution < 1.29 is 29.0 Å². The second kappa shape index (κ2) is 10.4. The summed E-state index contributed by atoms with van der Waals surface area (Å²) in [5.74, 6) is -1.55. The highest BCUT2D eigenvalue weighted by Crippen LogP contribution is 2.37. The minimum absolute atomic E-state index is 0.00761. The van der Waals surface area contributed by atoms with Crippen molar-refractivity contribution in [3.63, 3.8) is 0 Å². The molecule has 1 aromatic carbocycles. The molecule has 0 atom stereocenters. The minimum Gasteiger partial charge on any atom is -0.478 e. The average molecular weight is 470 g/mol. The quantitative estimate of drug-likeness (QED) is 0.451. The van der Waals surface area contributed by atoms with Gasteiger partial charge in [-0.2, -0.15) is 5.10 Å². The molecule has 3 heterocycles. The lowest BCUT2D eigenvalue weighted by Gasteiger charge is -2.36. The molecular weight excluding hydrogens is 438 g/mol. The van der Waals surface area contributed by atoms with Crippen molar-refractivity contribution in [1.29, 1.82) is 0 Å². The van der Waals surface area contributed by atoms with Crippen LogP contribution in [0.1, 0.15) is 75.1 Å². The number of ether oxygens (including phenoxy) is 2. The number of carbonyl (C=O) groups is 3. The van der Waals surface area contributed by atoms with Crippen molar-refractivity contribution in [3.05, 3.63) is 52.3 Å². The predicted molar refractivity (Wildman–Crippen MR) is 123 cm³/mol. The van der Waals surface area contributed by atoms with Gasteiger partial charge in [-0.1, -0.05) is 6.92 Å². The fraction of sp³-hybridized carbons (Fsp3) is 0.520. The van der Waals surface area contributed by atoms with E-state index in [0.717, 1.165) is 42.6 Å². The molecule has 2 aliphatic rings. The molecule has 4 rings (SSSR count). The van der Waals surface area contributed by atoms with Crippen LogP contribution in [0.4, 0.5) is 0 Å². The lowest BCUT2D eigenvalue weighted by Crippen LogP contribution is -2.40. The fourth-order valence-electron chi connectivity index (χ4n) is 4.72. The van der Waals surface area contributed by atoms with E-state index in [0.29, 0.717) is 44.7 Å². The molecule has 9 heteroatoms. The molecule has 34 heavy (non-hydrogen) atoms. The molecule has 2 N–H and O–H groups in total. The number of aryl methyl sites for hydroxylation is 2. The van der Waals surface area contributed by atoms with Crippen LogP contribution in [0.5, 0.6) is 0 Å². The molecule has 1 fully saturated rings. The number of aromatic carboxylic acids is 1. The molecule has 182 valence electrons. The standard InChI is InChI=1S/C25H31N3O6/c1-2-19-21-20(15-25(16-26-22(21)29)9-13-33-14-10-25)28(27-19)11-3-4-12-34-24(32)18-7-5-17(6-8-18)23(30)31/h5-8H,2-4,9-16H2,1H3,(H,26,29)(H,30,31). The van der Waals surface area contributed by atoms with Gasteiger partial charge in [-0.05, 0) is 68.2 Å². The molecule has 0 saturated carbocycles. The minimum atomic E-state index is -1.04. The Hall–Kier alpha value is -3.20. The SMILES string of the molecule is CCc1nn(CCCCOC(=O)c2ccc(C(=O)O)cc2)c2c1C(=O)NCC1(CCOCC1)C2. The summed E-state index contributed by atoms with van der Waals surface area (Å²) in [6, 6.07) is 5.67. The summed E-state index contributed by atoms with van der Waals surface area (Å²) in [4.78, 5) is 36.0. The third-order valence-corrected chi connectivity index (χ3v) is 6.78. The molecule has 1 spiro atoms. The molecule has 2 aromatic rings. The van der Waals surface area contributed by atoms with E-state index in [4.69, 9.17) is 19.7 Å². The molecule has 2 aliphatic heterocycles. The van der Waals surface area contributed by atoms with E-state index in [1.807, 2.05) is 11.6 Å². The number of rotatable bonds is 8. The molecule has 1 amide bonds. The second-order valence-corrected chi connectivity index (χ2v) is 9.04. The van der Waals surface area contributed by atoms with Gasteiger partial charge < -0.3 is 19.9 Å². The summed E-state index contributed by atoms with van der Waals surface area (Å²) in [7, 11) is 0. The lowest BCUT2D eigenvalue weighted by molar-refractivity contribution is 0.0152. The molecule has 0 radical (unpaired) electrons. The first-order valence-electron chi connectivity index (χ1n) is 11.9. The van der Waals surface area contributed by atoms with Crippen molar-refractivity contribution in [2.45, 2.75) is 52.0 Å². The Morgan fingerprint density at radius 3 is 2.56 bits per heavy atom. The van der Waals surface area contributed by atoms with Gasteiger partial charge in [0.25, 0.3) is 5.91 Å². The van der Waals surface area contributed by atoms with E-state index >= 15 is 0 Å². The number of carbonyl (C=O) groups excluding carboxylic acids is 2. The normalized spacial score (nSPS) is 17.0. The molecule has 0 unspecified atom stereocenters. The summed E-state index contributed by atoms with van der Waals surface area (Å²) in [6.07, 6.45) is 4.74. The second-order valence-electron chi connectivity index (χ2n) is 9.04. The Balaban J connectivity index is 1.36. The average Bonchev–Trinajstić information content (AvgIpc) is 3.12. The van der Waals surface area contributed by atoms with Crippen LogP contribution in [0.25, 0.3) is 0 Å². The van der Waals surface area contributed by atoms with Crippen LogP contribution in [0.15, 0.2) is 24.3 Å². The van der Waals surface area contributed by atoms with Gasteiger partial charge in [0.15, 0.2) is 0 Å². The van der Waals surface area contributed by atoms with Crippen LogP contribution in [-0.2, 0) is 28.9 Å².